The van der Waals surface area contributed by atoms with E-state index in [1.165, 1.54) is 0 Å². The van der Waals surface area contributed by atoms with Crippen molar-refractivity contribution >= 4 is 15.8 Å². The van der Waals surface area contributed by atoms with Crippen LogP contribution in [0.2, 0.25) is 0 Å². The van der Waals surface area contributed by atoms with Crippen molar-refractivity contribution in [1.82, 2.24) is 10.2 Å². The van der Waals surface area contributed by atoms with Gasteiger partial charge < -0.3 is 4.74 Å². The second kappa shape index (κ2) is 5.07. The molecule has 112 valence electrons. The number of hydrogen-bond donors (Lipinski definition) is 2. The molecule has 0 saturated carbocycles. The van der Waals surface area contributed by atoms with E-state index in [1.807, 2.05) is 13.8 Å². The largest absolute Gasteiger partial charge is 0.493 e. The monoisotopic (exact) mass is 307 g/mol. The van der Waals surface area contributed by atoms with E-state index in [1.54, 1.807) is 18.2 Å². The van der Waals surface area contributed by atoms with E-state index >= 15 is 0 Å². The molecule has 6 nitrogen and oxygen atoms in total. The van der Waals surface area contributed by atoms with Gasteiger partial charge in [-0.15, -0.1) is 0 Å². The van der Waals surface area contributed by atoms with E-state index in [9.17, 15) is 8.42 Å². The maximum absolute atomic E-state index is 12.4. The molecule has 0 fully saturated rings. The highest BCUT2D eigenvalue weighted by Gasteiger charge is 2.21. The Morgan fingerprint density at radius 2 is 2.24 bits per heavy atom. The number of aromatic nitrogens is 2. The lowest BCUT2D eigenvalue weighted by atomic mass is 10.2. The summed E-state index contributed by atoms with van der Waals surface area (Å²) in [4.78, 5) is 0.229. The summed E-state index contributed by atoms with van der Waals surface area (Å²) in [7, 11) is -3.64. The molecule has 2 aromatic rings. The average Bonchev–Trinajstić information content (AvgIpc) is 3.05. The van der Waals surface area contributed by atoms with Gasteiger partial charge in [-0.1, -0.05) is 6.92 Å². The molecule has 0 aliphatic carbocycles. The van der Waals surface area contributed by atoms with Gasteiger partial charge in [0.2, 0.25) is 0 Å². The number of nitrogens with one attached hydrogen (secondary N) is 2. The summed E-state index contributed by atoms with van der Waals surface area (Å²) in [5.41, 5.74) is 2.67. The highest BCUT2D eigenvalue weighted by Crippen LogP contribution is 2.28. The molecule has 2 N–H and O–H groups in total. The molecule has 0 bridgehead atoms. The van der Waals surface area contributed by atoms with Crippen molar-refractivity contribution < 1.29 is 13.2 Å². The van der Waals surface area contributed by atoms with Gasteiger partial charge in [-0.2, -0.15) is 5.10 Å². The summed E-state index contributed by atoms with van der Waals surface area (Å²) in [6.07, 6.45) is 1.51. The molecule has 1 aliphatic rings. The third-order valence-electron chi connectivity index (χ3n) is 3.67. The van der Waals surface area contributed by atoms with Crippen molar-refractivity contribution in [3.63, 3.8) is 0 Å². The number of nitrogens with zero attached hydrogens (tertiary/aromatic N) is 1. The lowest BCUT2D eigenvalue weighted by molar-refractivity contribution is 0.356. The van der Waals surface area contributed by atoms with Crippen LogP contribution in [-0.2, 0) is 22.9 Å². The number of H-pyrrole nitrogens is 1. The number of fused-ring (bicyclic) bond motifs is 1. The lowest BCUT2D eigenvalue weighted by Gasteiger charge is -2.08. The second-order valence-corrected chi connectivity index (χ2v) is 6.69. The quantitative estimate of drug-likeness (QED) is 0.905. The first-order chi connectivity index (χ1) is 10.0. The zero-order valence-corrected chi connectivity index (χ0v) is 12.8. The molecule has 0 saturated heterocycles. The molecule has 7 heteroatoms. The zero-order valence-electron chi connectivity index (χ0n) is 11.9. The lowest BCUT2D eigenvalue weighted by Crippen LogP contribution is -2.14. The average molecular weight is 307 g/mol. The Morgan fingerprint density at radius 3 is 2.95 bits per heavy atom. The Labute approximate surface area is 123 Å². The number of ether oxygens (including phenoxy) is 1. The number of hydrogen-bond acceptors (Lipinski definition) is 4. The second-order valence-electron chi connectivity index (χ2n) is 5.00. The topological polar surface area (TPSA) is 84.1 Å². The number of anilines is 1. The van der Waals surface area contributed by atoms with Crippen LogP contribution in [0.25, 0.3) is 0 Å². The first-order valence-electron chi connectivity index (χ1n) is 6.83. The van der Waals surface area contributed by atoms with Gasteiger partial charge >= 0.3 is 0 Å². The van der Waals surface area contributed by atoms with Crippen molar-refractivity contribution in [2.45, 2.75) is 31.6 Å². The van der Waals surface area contributed by atoms with Gasteiger partial charge in [0, 0.05) is 17.7 Å². The van der Waals surface area contributed by atoms with Gasteiger partial charge in [-0.05, 0) is 37.1 Å². The van der Waals surface area contributed by atoms with Crippen molar-refractivity contribution in [2.75, 3.05) is 11.3 Å². The Balaban J connectivity index is 1.91. The van der Waals surface area contributed by atoms with Gasteiger partial charge in [0.1, 0.15) is 5.75 Å². The number of aryl methyl sites for hydroxylation is 1. The van der Waals surface area contributed by atoms with E-state index in [-0.39, 0.29) is 4.90 Å². The molecule has 0 unspecified atom stereocenters. The summed E-state index contributed by atoms with van der Waals surface area (Å²) in [6.45, 7) is 4.43. The summed E-state index contributed by atoms with van der Waals surface area (Å²) < 4.78 is 32.8. The van der Waals surface area contributed by atoms with Gasteiger partial charge in [-0.25, -0.2) is 8.42 Å². The van der Waals surface area contributed by atoms with Gasteiger partial charge in [0.05, 0.1) is 11.5 Å². The number of benzene rings is 1. The van der Waals surface area contributed by atoms with Crippen molar-refractivity contribution in [2.24, 2.45) is 0 Å². The van der Waals surface area contributed by atoms with Crippen LogP contribution in [0.3, 0.4) is 0 Å². The maximum Gasteiger partial charge on any atom is 0.263 e. The molecule has 1 aliphatic heterocycles. The van der Waals surface area contributed by atoms with Gasteiger partial charge in [0.15, 0.2) is 5.82 Å². The molecule has 3 rings (SSSR count). The van der Waals surface area contributed by atoms with Gasteiger partial charge in [-0.3, -0.25) is 9.82 Å². The Kier molecular flexibility index (Phi) is 3.36. The molecule has 0 spiro atoms. The maximum atomic E-state index is 12.4. The van der Waals surface area contributed by atoms with E-state index in [4.69, 9.17) is 4.74 Å². The zero-order chi connectivity index (χ0) is 15.0. The summed E-state index contributed by atoms with van der Waals surface area (Å²) in [5, 5.41) is 6.87. The first kappa shape index (κ1) is 13.9. The fraction of sp³-hybridized carbons (Fsp3) is 0.357. The van der Waals surface area contributed by atoms with Crippen molar-refractivity contribution in [1.29, 1.82) is 0 Å². The Morgan fingerprint density at radius 1 is 1.43 bits per heavy atom. The fourth-order valence-corrected chi connectivity index (χ4v) is 3.51. The van der Waals surface area contributed by atoms with Crippen LogP contribution in [0, 0.1) is 6.92 Å². The number of rotatable bonds is 4. The van der Waals surface area contributed by atoms with Crippen LogP contribution < -0.4 is 9.46 Å². The van der Waals surface area contributed by atoms with Crippen LogP contribution in [0.4, 0.5) is 5.82 Å². The molecule has 0 radical (unpaired) electrons. The SMILES string of the molecule is CCc1[nH]nc(NS(=O)(=O)c2ccc3c(c2)CCO3)c1C. The van der Waals surface area contributed by atoms with E-state index < -0.39 is 10.0 Å². The minimum absolute atomic E-state index is 0.229. The molecule has 0 amide bonds. The van der Waals surface area contributed by atoms with Gasteiger partial charge in [0.25, 0.3) is 10.0 Å². The highest BCUT2D eigenvalue weighted by atomic mass is 32.2. The van der Waals surface area contributed by atoms with Crippen molar-refractivity contribution in [3.8, 4) is 5.75 Å². The van der Waals surface area contributed by atoms with Crippen LogP contribution in [0.15, 0.2) is 23.1 Å². The summed E-state index contributed by atoms with van der Waals surface area (Å²) >= 11 is 0. The molecule has 1 aromatic heterocycles. The smallest absolute Gasteiger partial charge is 0.263 e. The van der Waals surface area contributed by atoms with E-state index in [2.05, 4.69) is 14.9 Å². The first-order valence-corrected chi connectivity index (χ1v) is 8.32. The van der Waals surface area contributed by atoms with E-state index in [0.29, 0.717) is 12.4 Å². The third kappa shape index (κ3) is 2.49. The third-order valence-corrected chi connectivity index (χ3v) is 5.00. The normalized spacial score (nSPS) is 13.8. The highest BCUT2D eigenvalue weighted by molar-refractivity contribution is 7.92. The number of sulfonamides is 1. The van der Waals surface area contributed by atoms with Crippen LogP contribution in [-0.4, -0.2) is 25.2 Å². The minimum Gasteiger partial charge on any atom is -0.493 e. The summed E-state index contributed by atoms with van der Waals surface area (Å²) in [6, 6.07) is 4.91. The standard InChI is InChI=1S/C14H17N3O3S/c1-3-12-9(2)14(16-15-12)17-21(18,19)11-4-5-13-10(8-11)6-7-20-13/h4-5,8H,3,6-7H2,1-2H3,(H2,15,16,17). The molecule has 1 aromatic carbocycles. The predicted molar refractivity (Wildman–Crippen MR) is 79.2 cm³/mol. The van der Waals surface area contributed by atoms with Crippen LogP contribution in [0.1, 0.15) is 23.7 Å². The molecular weight excluding hydrogens is 290 g/mol. The molecule has 21 heavy (non-hydrogen) atoms. The van der Waals surface area contributed by atoms with Crippen molar-refractivity contribution in [3.05, 3.63) is 35.0 Å². The molecule has 0 atom stereocenters. The predicted octanol–water partition coefficient (Wildman–Crippen LogP) is 2.02. The van der Waals surface area contributed by atoms with Crippen LogP contribution in [0.5, 0.6) is 5.75 Å². The summed E-state index contributed by atoms with van der Waals surface area (Å²) in [5.74, 6) is 1.11. The molecular formula is C14H17N3O3S. The minimum atomic E-state index is -3.64. The molecule has 2 heterocycles. The number of aromatic amines is 1. The van der Waals surface area contributed by atoms with Crippen LogP contribution >= 0.6 is 0 Å². The van der Waals surface area contributed by atoms with E-state index in [0.717, 1.165) is 35.4 Å². The fourth-order valence-electron chi connectivity index (χ4n) is 2.39. The Hall–Kier alpha value is -2.02. The Bertz CT molecular complexity index is 781.